The fourth-order valence-electron chi connectivity index (χ4n) is 1.26. The van der Waals surface area contributed by atoms with Crippen molar-refractivity contribution in [3.8, 4) is 0 Å². The molecule has 0 radical (unpaired) electrons. The van der Waals surface area contributed by atoms with Crippen LogP contribution in [0.5, 0.6) is 0 Å². The highest BCUT2D eigenvalue weighted by Gasteiger charge is 2.18. The quantitative estimate of drug-likeness (QED) is 0.433. The lowest BCUT2D eigenvalue weighted by Gasteiger charge is -2.25. The molecule has 0 aliphatic rings. The van der Waals surface area contributed by atoms with Gasteiger partial charge < -0.3 is 22.9 Å². The van der Waals surface area contributed by atoms with Crippen molar-refractivity contribution in [2.45, 2.75) is 50.6 Å². The van der Waals surface area contributed by atoms with Crippen LogP contribution in [0.2, 0.25) is 0 Å². The fourth-order valence-corrected chi connectivity index (χ4v) is 1.26. The van der Waals surface area contributed by atoms with E-state index in [1.807, 2.05) is 13.8 Å². The normalized spacial score (nSPS) is 20.1. The van der Waals surface area contributed by atoms with Gasteiger partial charge in [0.25, 0.3) is 0 Å². The van der Waals surface area contributed by atoms with Gasteiger partial charge >= 0.3 is 0 Å². The summed E-state index contributed by atoms with van der Waals surface area (Å²) >= 11 is 0. The third-order valence-corrected chi connectivity index (χ3v) is 2.68. The van der Waals surface area contributed by atoms with Crippen molar-refractivity contribution in [2.24, 2.45) is 22.9 Å². The first-order chi connectivity index (χ1) is 6.33. The van der Waals surface area contributed by atoms with E-state index >= 15 is 0 Å². The second-order valence-corrected chi connectivity index (χ2v) is 4.92. The van der Waals surface area contributed by atoms with E-state index in [1.54, 1.807) is 0 Å². The van der Waals surface area contributed by atoms with Crippen molar-refractivity contribution >= 4 is 0 Å². The number of hydrogen-bond donors (Lipinski definition) is 4. The third-order valence-electron chi connectivity index (χ3n) is 2.68. The molecule has 0 fully saturated rings. The number of rotatable bonds is 7. The Bertz CT molecular complexity index is 136. The average Bonchev–Trinajstić information content (AvgIpc) is 2.13. The molecule has 0 spiro atoms. The van der Waals surface area contributed by atoms with Crippen molar-refractivity contribution in [3.63, 3.8) is 0 Å². The van der Waals surface area contributed by atoms with Crippen molar-refractivity contribution in [2.75, 3.05) is 13.1 Å². The van der Waals surface area contributed by atoms with Crippen molar-refractivity contribution in [1.82, 2.24) is 0 Å². The third kappa shape index (κ3) is 6.32. The van der Waals surface area contributed by atoms with Crippen LogP contribution < -0.4 is 22.9 Å². The second kappa shape index (κ2) is 5.66. The largest absolute Gasteiger partial charge is 0.329 e. The first kappa shape index (κ1) is 13.8. The molecule has 0 aromatic carbocycles. The molecule has 0 heterocycles. The Hall–Kier alpha value is -0.160. The number of hydrogen-bond acceptors (Lipinski definition) is 4. The van der Waals surface area contributed by atoms with Crippen LogP contribution >= 0.6 is 0 Å². The maximum atomic E-state index is 5.92. The summed E-state index contributed by atoms with van der Waals surface area (Å²) in [7, 11) is 0. The zero-order valence-electron chi connectivity index (χ0n) is 9.55. The lowest BCUT2D eigenvalue weighted by molar-refractivity contribution is 0.379. The van der Waals surface area contributed by atoms with Crippen molar-refractivity contribution < 1.29 is 0 Å². The van der Waals surface area contributed by atoms with Gasteiger partial charge in [-0.25, -0.2) is 0 Å². The first-order valence-electron chi connectivity index (χ1n) is 5.31. The van der Waals surface area contributed by atoms with E-state index in [0.717, 1.165) is 25.7 Å². The minimum absolute atomic E-state index is 0.228. The highest BCUT2D eigenvalue weighted by atomic mass is 14.8. The van der Waals surface area contributed by atoms with Crippen LogP contribution in [-0.4, -0.2) is 24.2 Å². The van der Waals surface area contributed by atoms with Crippen LogP contribution in [0.1, 0.15) is 39.5 Å². The minimum atomic E-state index is -0.228. The summed E-state index contributed by atoms with van der Waals surface area (Å²) in [5.74, 6) is 0. The summed E-state index contributed by atoms with van der Waals surface area (Å²) in [5.41, 5.74) is 22.4. The van der Waals surface area contributed by atoms with Crippen LogP contribution in [0.15, 0.2) is 0 Å². The summed E-state index contributed by atoms with van der Waals surface area (Å²) in [6, 6.07) is 0. The van der Waals surface area contributed by atoms with Crippen LogP contribution in [0, 0.1) is 0 Å². The molecule has 0 aromatic heterocycles. The summed E-state index contributed by atoms with van der Waals surface area (Å²) in [4.78, 5) is 0. The number of unbranched alkanes of at least 4 members (excludes halogenated alkanes) is 1. The van der Waals surface area contributed by atoms with Gasteiger partial charge in [-0.2, -0.15) is 0 Å². The van der Waals surface area contributed by atoms with Crippen LogP contribution in [0.25, 0.3) is 0 Å². The molecule has 4 nitrogen and oxygen atoms in total. The molecule has 4 heteroatoms. The highest BCUT2D eigenvalue weighted by Crippen LogP contribution is 2.14. The molecule has 0 aromatic rings. The fraction of sp³-hybridized carbons (Fsp3) is 1.00. The second-order valence-electron chi connectivity index (χ2n) is 4.92. The first-order valence-corrected chi connectivity index (χ1v) is 5.31. The van der Waals surface area contributed by atoms with Gasteiger partial charge in [-0.1, -0.05) is 12.8 Å². The summed E-state index contributed by atoms with van der Waals surface area (Å²) in [6.07, 6.45) is 4.03. The van der Waals surface area contributed by atoms with E-state index in [0.29, 0.717) is 13.1 Å². The summed E-state index contributed by atoms with van der Waals surface area (Å²) in [6.45, 7) is 5.03. The standard InChI is InChI=1S/C10H26N4/c1-9(13,7-11)5-3-4-6-10(2,14)8-12/h3-8,11-14H2,1-2H3. The maximum Gasteiger partial charge on any atom is 0.0249 e. The molecular formula is C10H26N4. The Kier molecular flexibility index (Phi) is 5.59. The molecule has 0 saturated carbocycles. The summed E-state index contributed by atoms with van der Waals surface area (Å²) in [5, 5.41) is 0. The molecule has 8 N–H and O–H groups in total. The van der Waals surface area contributed by atoms with Gasteiger partial charge in [-0.3, -0.25) is 0 Å². The lowest BCUT2D eigenvalue weighted by atomic mass is 9.91. The van der Waals surface area contributed by atoms with Crippen LogP contribution in [0.3, 0.4) is 0 Å². The zero-order chi connectivity index (χ0) is 11.2. The monoisotopic (exact) mass is 202 g/mol. The van der Waals surface area contributed by atoms with Gasteiger partial charge in [0.1, 0.15) is 0 Å². The Morgan fingerprint density at radius 3 is 1.29 bits per heavy atom. The van der Waals surface area contributed by atoms with Crippen LogP contribution in [-0.2, 0) is 0 Å². The average molecular weight is 202 g/mol. The highest BCUT2D eigenvalue weighted by molar-refractivity contribution is 4.82. The van der Waals surface area contributed by atoms with Crippen molar-refractivity contribution in [1.29, 1.82) is 0 Å². The molecule has 2 atom stereocenters. The van der Waals surface area contributed by atoms with E-state index < -0.39 is 0 Å². The van der Waals surface area contributed by atoms with E-state index in [9.17, 15) is 0 Å². The molecule has 14 heavy (non-hydrogen) atoms. The van der Waals surface area contributed by atoms with Gasteiger partial charge in [0.05, 0.1) is 0 Å². The van der Waals surface area contributed by atoms with E-state index in [1.165, 1.54) is 0 Å². The Balaban J connectivity index is 3.57. The SMILES string of the molecule is CC(N)(CN)CCCCC(C)(N)CN. The molecule has 86 valence electrons. The summed E-state index contributed by atoms with van der Waals surface area (Å²) < 4.78 is 0. The van der Waals surface area contributed by atoms with Gasteiger partial charge in [0, 0.05) is 24.2 Å². The van der Waals surface area contributed by atoms with Gasteiger partial charge in [0.2, 0.25) is 0 Å². The van der Waals surface area contributed by atoms with Gasteiger partial charge in [-0.05, 0) is 26.7 Å². The molecule has 0 saturated heterocycles. The van der Waals surface area contributed by atoms with Gasteiger partial charge in [-0.15, -0.1) is 0 Å². The molecule has 0 rings (SSSR count). The molecule has 2 unspecified atom stereocenters. The molecule has 0 aliphatic carbocycles. The molecule has 0 aliphatic heterocycles. The topological polar surface area (TPSA) is 104 Å². The van der Waals surface area contributed by atoms with E-state index in [2.05, 4.69) is 0 Å². The van der Waals surface area contributed by atoms with Crippen molar-refractivity contribution in [3.05, 3.63) is 0 Å². The number of nitrogens with two attached hydrogens (primary N) is 4. The lowest BCUT2D eigenvalue weighted by Crippen LogP contribution is -2.45. The van der Waals surface area contributed by atoms with Gasteiger partial charge in [0.15, 0.2) is 0 Å². The Morgan fingerprint density at radius 1 is 0.786 bits per heavy atom. The van der Waals surface area contributed by atoms with Crippen LogP contribution in [0.4, 0.5) is 0 Å². The Morgan fingerprint density at radius 2 is 1.07 bits per heavy atom. The maximum absolute atomic E-state index is 5.92. The minimum Gasteiger partial charge on any atom is -0.329 e. The predicted octanol–water partition coefficient (Wildman–Crippen LogP) is -0.101. The molecular weight excluding hydrogens is 176 g/mol. The Labute approximate surface area is 87.4 Å². The predicted molar refractivity (Wildman–Crippen MR) is 61.8 cm³/mol. The van der Waals surface area contributed by atoms with E-state index in [-0.39, 0.29) is 11.1 Å². The smallest absolute Gasteiger partial charge is 0.0249 e. The molecule has 0 amide bonds. The molecule has 0 bridgehead atoms. The van der Waals surface area contributed by atoms with E-state index in [4.69, 9.17) is 22.9 Å². The zero-order valence-corrected chi connectivity index (χ0v) is 9.55.